The first-order chi connectivity index (χ1) is 8.68. The molecule has 0 atom stereocenters. The Kier molecular flexibility index (Phi) is 4.44. The SMILES string of the molecule is O=C(CCC(=O)c1cccs1)C1=C(Cl)CCC=N1. The summed E-state index contributed by atoms with van der Waals surface area (Å²) in [6.07, 6.45) is 3.50. The molecule has 1 aliphatic heterocycles. The number of thiophene rings is 1. The molecule has 0 saturated carbocycles. The maximum Gasteiger partial charge on any atom is 0.182 e. The zero-order chi connectivity index (χ0) is 13.0. The van der Waals surface area contributed by atoms with Gasteiger partial charge in [0.2, 0.25) is 0 Å². The van der Waals surface area contributed by atoms with Crippen LogP contribution >= 0.6 is 22.9 Å². The number of ketones is 2. The third-order valence-electron chi connectivity index (χ3n) is 2.61. The molecule has 0 bridgehead atoms. The van der Waals surface area contributed by atoms with Gasteiger partial charge in [-0.2, -0.15) is 0 Å². The molecule has 0 unspecified atom stereocenters. The van der Waals surface area contributed by atoms with E-state index >= 15 is 0 Å². The predicted octanol–water partition coefficient (Wildman–Crippen LogP) is 3.60. The molecule has 18 heavy (non-hydrogen) atoms. The van der Waals surface area contributed by atoms with Gasteiger partial charge in [-0.25, -0.2) is 0 Å². The summed E-state index contributed by atoms with van der Waals surface area (Å²) < 4.78 is 0. The van der Waals surface area contributed by atoms with E-state index in [9.17, 15) is 9.59 Å². The molecule has 3 nitrogen and oxygen atoms in total. The van der Waals surface area contributed by atoms with Crippen molar-refractivity contribution in [3.05, 3.63) is 33.1 Å². The molecule has 0 N–H and O–H groups in total. The third-order valence-corrected chi connectivity index (χ3v) is 3.89. The molecule has 0 radical (unpaired) electrons. The number of nitrogens with zero attached hydrogens (tertiary/aromatic N) is 1. The average Bonchev–Trinajstić information content (AvgIpc) is 2.90. The number of halogens is 1. The second-order valence-electron chi connectivity index (χ2n) is 3.93. The number of hydrogen-bond donors (Lipinski definition) is 0. The Labute approximate surface area is 114 Å². The van der Waals surface area contributed by atoms with E-state index in [2.05, 4.69) is 4.99 Å². The van der Waals surface area contributed by atoms with Crippen LogP contribution < -0.4 is 0 Å². The first-order valence-electron chi connectivity index (χ1n) is 5.69. The Balaban J connectivity index is 1.93. The van der Waals surface area contributed by atoms with Crippen molar-refractivity contribution in [3.63, 3.8) is 0 Å². The molecule has 2 heterocycles. The number of carbonyl (C=O) groups is 2. The molecule has 5 heteroatoms. The van der Waals surface area contributed by atoms with Crippen molar-refractivity contribution in [1.82, 2.24) is 0 Å². The summed E-state index contributed by atoms with van der Waals surface area (Å²) >= 11 is 7.34. The predicted molar refractivity (Wildman–Crippen MR) is 73.5 cm³/mol. The van der Waals surface area contributed by atoms with Crippen LogP contribution in [-0.2, 0) is 4.79 Å². The molecule has 0 spiro atoms. The molecule has 0 aliphatic carbocycles. The van der Waals surface area contributed by atoms with Gasteiger partial charge in [0.15, 0.2) is 11.6 Å². The van der Waals surface area contributed by atoms with Crippen LogP contribution in [0.15, 0.2) is 33.2 Å². The molecule has 1 aliphatic rings. The molecule has 1 aromatic rings. The van der Waals surface area contributed by atoms with Gasteiger partial charge in [0, 0.05) is 24.1 Å². The standard InChI is InChI=1S/C13H12ClNO2S/c14-9-3-1-7-15-13(9)11(17)6-5-10(16)12-4-2-8-18-12/h2,4,7-8H,1,3,5-6H2. The highest BCUT2D eigenvalue weighted by atomic mass is 35.5. The third kappa shape index (κ3) is 3.15. The van der Waals surface area contributed by atoms with Crippen molar-refractivity contribution in [3.8, 4) is 0 Å². The van der Waals surface area contributed by atoms with E-state index in [1.807, 2.05) is 11.4 Å². The monoisotopic (exact) mass is 281 g/mol. The van der Waals surface area contributed by atoms with Crippen LogP contribution in [0.5, 0.6) is 0 Å². The van der Waals surface area contributed by atoms with Gasteiger partial charge < -0.3 is 0 Å². The van der Waals surface area contributed by atoms with Gasteiger partial charge in [0.05, 0.1) is 4.88 Å². The number of aliphatic imine (C=N–C) groups is 1. The first-order valence-corrected chi connectivity index (χ1v) is 6.95. The lowest BCUT2D eigenvalue weighted by Gasteiger charge is -2.08. The van der Waals surface area contributed by atoms with E-state index in [1.165, 1.54) is 11.3 Å². The fraction of sp³-hybridized carbons (Fsp3) is 0.308. The summed E-state index contributed by atoms with van der Waals surface area (Å²) in [6.45, 7) is 0. The molecule has 94 valence electrons. The summed E-state index contributed by atoms with van der Waals surface area (Å²) in [4.78, 5) is 28.3. The van der Waals surface area contributed by atoms with Crippen molar-refractivity contribution in [1.29, 1.82) is 0 Å². The van der Waals surface area contributed by atoms with E-state index in [0.29, 0.717) is 22.0 Å². The van der Waals surface area contributed by atoms with Crippen LogP contribution in [0.4, 0.5) is 0 Å². The van der Waals surface area contributed by atoms with Gasteiger partial charge in [-0.05, 0) is 24.3 Å². The Bertz CT molecular complexity index is 517. The van der Waals surface area contributed by atoms with Crippen LogP contribution in [0.25, 0.3) is 0 Å². The fourth-order valence-electron chi connectivity index (χ4n) is 1.66. The van der Waals surface area contributed by atoms with Crippen LogP contribution in [0.2, 0.25) is 0 Å². The van der Waals surface area contributed by atoms with E-state index in [1.54, 1.807) is 12.3 Å². The quantitative estimate of drug-likeness (QED) is 0.774. The van der Waals surface area contributed by atoms with Gasteiger partial charge in [0.25, 0.3) is 0 Å². The lowest BCUT2D eigenvalue weighted by molar-refractivity contribution is -0.115. The van der Waals surface area contributed by atoms with Gasteiger partial charge >= 0.3 is 0 Å². The fourth-order valence-corrected chi connectivity index (χ4v) is 2.62. The number of allylic oxidation sites excluding steroid dienone is 2. The minimum atomic E-state index is -0.152. The van der Waals surface area contributed by atoms with E-state index in [4.69, 9.17) is 11.6 Å². The zero-order valence-electron chi connectivity index (χ0n) is 9.69. The Morgan fingerprint density at radius 1 is 1.33 bits per heavy atom. The maximum absolute atomic E-state index is 11.9. The second-order valence-corrected chi connectivity index (χ2v) is 5.33. The number of Topliss-reactive ketones (excluding diaryl/α,β-unsaturated/α-hetero) is 2. The van der Waals surface area contributed by atoms with Crippen LogP contribution in [-0.4, -0.2) is 17.8 Å². The first kappa shape index (κ1) is 13.2. The summed E-state index contributed by atoms with van der Waals surface area (Å²) in [5, 5.41) is 2.35. The van der Waals surface area contributed by atoms with Gasteiger partial charge in [0.1, 0.15) is 5.70 Å². The van der Waals surface area contributed by atoms with Crippen LogP contribution in [0.1, 0.15) is 35.4 Å². The van der Waals surface area contributed by atoms with Crippen molar-refractivity contribution < 1.29 is 9.59 Å². The number of rotatable bonds is 5. The summed E-state index contributed by atoms with van der Waals surface area (Å²) in [5.41, 5.74) is 0.321. The van der Waals surface area contributed by atoms with Crippen molar-refractivity contribution >= 4 is 40.7 Å². The topological polar surface area (TPSA) is 46.5 Å². The van der Waals surface area contributed by atoms with Crippen molar-refractivity contribution in [2.24, 2.45) is 4.99 Å². The highest BCUT2D eigenvalue weighted by Gasteiger charge is 2.17. The molecular weight excluding hydrogens is 270 g/mol. The lowest BCUT2D eigenvalue weighted by atomic mass is 10.1. The minimum absolute atomic E-state index is 0.00476. The molecule has 1 aromatic heterocycles. The molecule has 0 fully saturated rings. The van der Waals surface area contributed by atoms with E-state index < -0.39 is 0 Å². The van der Waals surface area contributed by atoms with E-state index in [0.717, 1.165) is 6.42 Å². The largest absolute Gasteiger partial charge is 0.293 e. The summed E-state index contributed by atoms with van der Waals surface area (Å²) in [5.74, 6) is -0.157. The van der Waals surface area contributed by atoms with Crippen molar-refractivity contribution in [2.75, 3.05) is 0 Å². The molecule has 0 amide bonds. The highest BCUT2D eigenvalue weighted by molar-refractivity contribution is 7.12. The van der Waals surface area contributed by atoms with Crippen LogP contribution in [0.3, 0.4) is 0 Å². The van der Waals surface area contributed by atoms with Gasteiger partial charge in [-0.3, -0.25) is 14.6 Å². The Morgan fingerprint density at radius 3 is 2.78 bits per heavy atom. The summed E-state index contributed by atoms with van der Waals surface area (Å²) in [7, 11) is 0. The molecular formula is C13H12ClNO2S. The molecule has 0 aromatic carbocycles. The molecule has 0 saturated heterocycles. The highest BCUT2D eigenvalue weighted by Crippen LogP contribution is 2.23. The lowest BCUT2D eigenvalue weighted by Crippen LogP contribution is -2.08. The minimum Gasteiger partial charge on any atom is -0.293 e. The maximum atomic E-state index is 11.9. The van der Waals surface area contributed by atoms with Gasteiger partial charge in [-0.15, -0.1) is 11.3 Å². The average molecular weight is 282 g/mol. The Morgan fingerprint density at radius 2 is 2.11 bits per heavy atom. The van der Waals surface area contributed by atoms with Gasteiger partial charge in [-0.1, -0.05) is 17.7 Å². The number of hydrogen-bond acceptors (Lipinski definition) is 4. The summed E-state index contributed by atoms with van der Waals surface area (Å²) in [6, 6.07) is 3.59. The number of carbonyl (C=O) groups excluding carboxylic acids is 2. The van der Waals surface area contributed by atoms with E-state index in [-0.39, 0.29) is 24.4 Å². The molecule has 2 rings (SSSR count). The normalized spacial score (nSPS) is 14.9. The Hall–Kier alpha value is -1.26. The smallest absolute Gasteiger partial charge is 0.182 e. The van der Waals surface area contributed by atoms with Crippen molar-refractivity contribution in [2.45, 2.75) is 25.7 Å². The van der Waals surface area contributed by atoms with Crippen LogP contribution in [0, 0.1) is 0 Å². The zero-order valence-corrected chi connectivity index (χ0v) is 11.3. The second kappa shape index (κ2) is 6.07.